The van der Waals surface area contributed by atoms with Crippen molar-refractivity contribution in [1.82, 2.24) is 9.29 Å². The fourth-order valence-corrected chi connectivity index (χ4v) is 3.68. The Morgan fingerprint density at radius 2 is 2.08 bits per heavy atom. The minimum absolute atomic E-state index is 0.155. The molecular formula is C18H26N2O4S. The van der Waals surface area contributed by atoms with Gasteiger partial charge in [-0.25, -0.2) is 13.1 Å². The molecule has 2 aromatic rings. The Bertz CT molecular complexity index is 799. The van der Waals surface area contributed by atoms with Gasteiger partial charge in [0.05, 0.1) is 17.6 Å². The van der Waals surface area contributed by atoms with Crippen LogP contribution in [-0.2, 0) is 17.1 Å². The van der Waals surface area contributed by atoms with Crippen molar-refractivity contribution in [2.75, 3.05) is 13.2 Å². The first-order chi connectivity index (χ1) is 11.8. The highest BCUT2D eigenvalue weighted by molar-refractivity contribution is 7.89. The van der Waals surface area contributed by atoms with Crippen molar-refractivity contribution < 1.29 is 18.3 Å². The highest BCUT2D eigenvalue weighted by atomic mass is 32.2. The Kier molecular flexibility index (Phi) is 6.64. The van der Waals surface area contributed by atoms with Gasteiger partial charge in [-0.3, -0.25) is 0 Å². The number of nitrogens with one attached hydrogen (secondary N) is 1. The summed E-state index contributed by atoms with van der Waals surface area (Å²) in [7, 11) is -1.78. The number of aliphatic hydroxyl groups is 1. The van der Waals surface area contributed by atoms with Crippen molar-refractivity contribution >= 4 is 10.0 Å². The molecule has 25 heavy (non-hydrogen) atoms. The molecule has 0 aliphatic carbocycles. The molecule has 1 aromatic heterocycles. The number of aliphatic hydroxyl groups excluding tert-OH is 1. The molecule has 6 nitrogen and oxygen atoms in total. The van der Waals surface area contributed by atoms with Crippen molar-refractivity contribution in [3.8, 4) is 5.75 Å². The lowest BCUT2D eigenvalue weighted by Gasteiger charge is -2.14. The van der Waals surface area contributed by atoms with Crippen LogP contribution in [0.5, 0.6) is 5.75 Å². The van der Waals surface area contributed by atoms with Crippen molar-refractivity contribution in [2.45, 2.75) is 37.7 Å². The number of rotatable bonds is 9. The zero-order valence-corrected chi connectivity index (χ0v) is 15.7. The minimum Gasteiger partial charge on any atom is -0.493 e. The number of hydrogen-bond donors (Lipinski definition) is 2. The van der Waals surface area contributed by atoms with Crippen LogP contribution in [0.1, 0.15) is 37.1 Å². The number of benzene rings is 1. The maximum absolute atomic E-state index is 12.4. The molecule has 0 aliphatic rings. The smallest absolute Gasteiger partial charge is 0.240 e. The summed E-state index contributed by atoms with van der Waals surface area (Å²) < 4.78 is 34.7. The second-order valence-corrected chi connectivity index (χ2v) is 7.79. The van der Waals surface area contributed by atoms with Gasteiger partial charge in [0, 0.05) is 25.5 Å². The number of hydrogen-bond acceptors (Lipinski definition) is 4. The second kappa shape index (κ2) is 8.51. The number of sulfonamides is 1. The number of aromatic nitrogens is 1. The molecule has 7 heteroatoms. The Morgan fingerprint density at radius 3 is 2.68 bits per heavy atom. The van der Waals surface area contributed by atoms with Gasteiger partial charge in [-0.15, -0.1) is 0 Å². The maximum Gasteiger partial charge on any atom is 0.240 e. The van der Waals surface area contributed by atoms with E-state index in [9.17, 15) is 13.5 Å². The molecule has 0 spiro atoms. The molecule has 0 aliphatic heterocycles. The van der Waals surface area contributed by atoms with E-state index in [-0.39, 0.29) is 11.4 Å². The van der Waals surface area contributed by atoms with Crippen molar-refractivity contribution in [3.63, 3.8) is 0 Å². The summed E-state index contributed by atoms with van der Waals surface area (Å²) in [4.78, 5) is 0.196. The van der Waals surface area contributed by atoms with Crippen LogP contribution >= 0.6 is 0 Å². The second-order valence-electron chi connectivity index (χ2n) is 6.02. The van der Waals surface area contributed by atoms with Crippen molar-refractivity contribution in [2.24, 2.45) is 7.05 Å². The van der Waals surface area contributed by atoms with Gasteiger partial charge < -0.3 is 14.4 Å². The topological polar surface area (TPSA) is 80.6 Å². The fourth-order valence-electron chi connectivity index (χ4n) is 2.54. The molecule has 0 fully saturated rings. The third-order valence-corrected chi connectivity index (χ3v) is 5.41. The number of ether oxygens (including phenoxy) is 1. The average molecular weight is 366 g/mol. The van der Waals surface area contributed by atoms with Crippen LogP contribution in [0.2, 0.25) is 0 Å². The zero-order chi connectivity index (χ0) is 18.4. The highest BCUT2D eigenvalue weighted by Gasteiger charge is 2.17. The van der Waals surface area contributed by atoms with E-state index in [4.69, 9.17) is 4.74 Å². The molecule has 1 atom stereocenters. The van der Waals surface area contributed by atoms with E-state index in [0.717, 1.165) is 17.7 Å². The van der Waals surface area contributed by atoms with Crippen LogP contribution in [0.25, 0.3) is 0 Å². The molecule has 2 rings (SSSR count). The SMILES string of the molecule is CCCOc1ccc(S(=O)(=O)NCCC(O)c2cccn2C)cc1C. The third-order valence-electron chi connectivity index (χ3n) is 3.95. The van der Waals surface area contributed by atoms with E-state index in [0.29, 0.717) is 18.8 Å². The van der Waals surface area contributed by atoms with E-state index in [1.165, 1.54) is 6.07 Å². The monoisotopic (exact) mass is 366 g/mol. The molecule has 138 valence electrons. The fraction of sp³-hybridized carbons (Fsp3) is 0.444. The maximum atomic E-state index is 12.4. The molecule has 0 bridgehead atoms. The molecule has 1 heterocycles. The normalized spacial score (nSPS) is 13.0. The van der Waals surface area contributed by atoms with E-state index in [2.05, 4.69) is 4.72 Å². The Hall–Kier alpha value is -1.83. The first-order valence-electron chi connectivity index (χ1n) is 8.37. The van der Waals surface area contributed by atoms with E-state index >= 15 is 0 Å². The summed E-state index contributed by atoms with van der Waals surface area (Å²) in [6, 6.07) is 8.47. The molecule has 0 saturated heterocycles. The van der Waals surface area contributed by atoms with E-state index in [1.807, 2.05) is 43.8 Å². The van der Waals surface area contributed by atoms with E-state index in [1.54, 1.807) is 12.1 Å². The molecule has 0 saturated carbocycles. The van der Waals surface area contributed by atoms with Crippen LogP contribution in [0.4, 0.5) is 0 Å². The summed E-state index contributed by atoms with van der Waals surface area (Å²) in [6.45, 7) is 4.59. The summed E-state index contributed by atoms with van der Waals surface area (Å²) >= 11 is 0. The van der Waals surface area contributed by atoms with Gasteiger partial charge in [0.15, 0.2) is 0 Å². The molecule has 0 amide bonds. The number of aryl methyl sites for hydroxylation is 2. The van der Waals surface area contributed by atoms with Gasteiger partial charge in [0.2, 0.25) is 10.0 Å². The van der Waals surface area contributed by atoms with Gasteiger partial charge in [-0.1, -0.05) is 6.92 Å². The first kappa shape index (κ1) is 19.5. The Balaban J connectivity index is 1.97. The highest BCUT2D eigenvalue weighted by Crippen LogP contribution is 2.22. The lowest BCUT2D eigenvalue weighted by molar-refractivity contribution is 0.161. The van der Waals surface area contributed by atoms with Crippen LogP contribution in [0.3, 0.4) is 0 Å². The lowest BCUT2D eigenvalue weighted by Crippen LogP contribution is -2.26. The molecular weight excluding hydrogens is 340 g/mol. The van der Waals surface area contributed by atoms with Gasteiger partial charge in [0.25, 0.3) is 0 Å². The summed E-state index contributed by atoms with van der Waals surface area (Å²) in [6.07, 6.45) is 2.32. The van der Waals surface area contributed by atoms with Gasteiger partial charge >= 0.3 is 0 Å². The minimum atomic E-state index is -3.62. The molecule has 1 unspecified atom stereocenters. The van der Waals surface area contributed by atoms with Crippen LogP contribution in [0.15, 0.2) is 41.4 Å². The van der Waals surface area contributed by atoms with Crippen LogP contribution < -0.4 is 9.46 Å². The predicted octanol–water partition coefficient (Wildman–Crippen LogP) is 2.52. The van der Waals surface area contributed by atoms with Crippen molar-refractivity contribution in [1.29, 1.82) is 0 Å². The summed E-state index contributed by atoms with van der Waals surface area (Å²) in [5, 5.41) is 10.1. The molecule has 0 radical (unpaired) electrons. The average Bonchev–Trinajstić information content (AvgIpc) is 2.99. The lowest BCUT2D eigenvalue weighted by atomic mass is 10.2. The van der Waals surface area contributed by atoms with E-state index < -0.39 is 16.1 Å². The Labute approximate surface area is 149 Å². The summed E-state index contributed by atoms with van der Waals surface area (Å²) in [5.74, 6) is 0.694. The zero-order valence-electron chi connectivity index (χ0n) is 14.9. The third kappa shape index (κ3) is 5.07. The standard InChI is InChI=1S/C18H26N2O4S/c1-4-12-24-18-8-7-15(13-14(18)2)25(22,23)19-10-9-17(21)16-6-5-11-20(16)3/h5-8,11,13,17,19,21H,4,9-10,12H2,1-3H3. The summed E-state index contributed by atoms with van der Waals surface area (Å²) in [5.41, 5.74) is 1.53. The van der Waals surface area contributed by atoms with Crippen LogP contribution in [-0.4, -0.2) is 31.2 Å². The quantitative estimate of drug-likeness (QED) is 0.715. The number of nitrogens with zero attached hydrogens (tertiary/aromatic N) is 1. The van der Waals surface area contributed by atoms with Gasteiger partial charge in [0.1, 0.15) is 5.75 Å². The first-order valence-corrected chi connectivity index (χ1v) is 9.86. The van der Waals surface area contributed by atoms with Gasteiger partial charge in [-0.05, 0) is 55.7 Å². The van der Waals surface area contributed by atoms with Gasteiger partial charge in [-0.2, -0.15) is 0 Å². The molecule has 1 aromatic carbocycles. The Morgan fingerprint density at radius 1 is 1.32 bits per heavy atom. The van der Waals surface area contributed by atoms with Crippen molar-refractivity contribution in [3.05, 3.63) is 47.8 Å². The molecule has 2 N–H and O–H groups in total. The van der Waals surface area contributed by atoms with Crippen LogP contribution in [0, 0.1) is 6.92 Å². The predicted molar refractivity (Wildman–Crippen MR) is 97.1 cm³/mol. The largest absolute Gasteiger partial charge is 0.493 e.